The number of carbonyl (C=O) groups is 1. The molecule has 0 saturated heterocycles. The number of fused-ring (bicyclic) bond motifs is 1. The summed E-state index contributed by atoms with van der Waals surface area (Å²) < 4.78 is 10.3. The molecule has 2 rings (SSSR count). The number of hydrogen-bond donors (Lipinski definition) is 1. The highest BCUT2D eigenvalue weighted by Gasteiger charge is 2.16. The third-order valence-corrected chi connectivity index (χ3v) is 1.96. The first-order valence-electron chi connectivity index (χ1n) is 4.55. The van der Waals surface area contributed by atoms with Gasteiger partial charge in [0.25, 0.3) is 5.91 Å². The molecular weight excluding hydrogens is 196 g/mol. The molecule has 0 aromatic heterocycles. The zero-order chi connectivity index (χ0) is 10.8. The van der Waals surface area contributed by atoms with Gasteiger partial charge in [-0.25, -0.2) is 5.01 Å². The molecule has 5 heteroatoms. The van der Waals surface area contributed by atoms with E-state index < -0.39 is 0 Å². The first-order valence-corrected chi connectivity index (χ1v) is 4.55. The van der Waals surface area contributed by atoms with Crippen molar-refractivity contribution >= 4 is 5.91 Å². The molecule has 1 aromatic carbocycles. The van der Waals surface area contributed by atoms with Crippen LogP contribution in [0.1, 0.15) is 10.4 Å². The van der Waals surface area contributed by atoms with Crippen molar-refractivity contribution in [2.75, 3.05) is 20.9 Å². The summed E-state index contributed by atoms with van der Waals surface area (Å²) in [7, 11) is 3.51. The maximum absolute atomic E-state index is 11.6. The molecule has 1 heterocycles. The molecule has 0 radical (unpaired) electrons. The average Bonchev–Trinajstić information content (AvgIpc) is 2.62. The Balaban J connectivity index is 2.19. The summed E-state index contributed by atoms with van der Waals surface area (Å²) >= 11 is 0. The number of amides is 1. The van der Waals surface area contributed by atoms with Crippen LogP contribution < -0.4 is 14.9 Å². The summed E-state index contributed by atoms with van der Waals surface area (Å²) in [5, 5.41) is 1.59. The Labute approximate surface area is 87.6 Å². The van der Waals surface area contributed by atoms with E-state index in [9.17, 15) is 4.79 Å². The molecule has 80 valence electrons. The normalized spacial score (nSPS) is 13.0. The monoisotopic (exact) mass is 208 g/mol. The van der Waals surface area contributed by atoms with Crippen LogP contribution in [-0.4, -0.2) is 31.8 Å². The summed E-state index contributed by atoms with van der Waals surface area (Å²) in [6, 6.07) is 5.10. The zero-order valence-corrected chi connectivity index (χ0v) is 8.61. The van der Waals surface area contributed by atoms with Crippen molar-refractivity contribution in [2.24, 2.45) is 0 Å². The third kappa shape index (κ3) is 2.02. The number of carbonyl (C=O) groups excluding carboxylic acids is 1. The topological polar surface area (TPSA) is 50.8 Å². The van der Waals surface area contributed by atoms with Gasteiger partial charge in [0.05, 0.1) is 0 Å². The number of ether oxygens (including phenoxy) is 2. The van der Waals surface area contributed by atoms with E-state index in [4.69, 9.17) is 9.47 Å². The predicted octanol–water partition coefficient (Wildman–Crippen LogP) is 0.622. The number of rotatable bonds is 2. The van der Waals surface area contributed by atoms with Gasteiger partial charge in [0.2, 0.25) is 6.79 Å². The lowest BCUT2D eigenvalue weighted by atomic mass is 10.2. The van der Waals surface area contributed by atoms with Gasteiger partial charge in [0, 0.05) is 19.7 Å². The summed E-state index contributed by atoms with van der Waals surface area (Å²) in [5.74, 6) is 1.12. The average molecular weight is 208 g/mol. The van der Waals surface area contributed by atoms with Crippen LogP contribution in [0.25, 0.3) is 0 Å². The van der Waals surface area contributed by atoms with Crippen LogP contribution in [0.3, 0.4) is 0 Å². The molecule has 1 aliphatic heterocycles. The van der Waals surface area contributed by atoms with E-state index in [1.165, 1.54) is 0 Å². The van der Waals surface area contributed by atoms with Gasteiger partial charge in [-0.2, -0.15) is 0 Å². The van der Waals surface area contributed by atoms with Crippen molar-refractivity contribution in [3.8, 4) is 11.5 Å². The fraction of sp³-hybridized carbons (Fsp3) is 0.300. The second-order valence-corrected chi connectivity index (χ2v) is 3.40. The Hall–Kier alpha value is -1.75. The van der Waals surface area contributed by atoms with Crippen molar-refractivity contribution in [1.82, 2.24) is 10.4 Å². The molecule has 0 atom stereocenters. The summed E-state index contributed by atoms with van der Waals surface area (Å²) in [6.07, 6.45) is 0. The molecule has 1 aromatic rings. The number of hydrazine groups is 1. The first-order chi connectivity index (χ1) is 7.16. The van der Waals surface area contributed by atoms with Gasteiger partial charge in [-0.1, -0.05) is 0 Å². The molecule has 0 bridgehead atoms. The van der Waals surface area contributed by atoms with E-state index in [0.29, 0.717) is 17.1 Å². The van der Waals surface area contributed by atoms with Crippen LogP contribution in [0.15, 0.2) is 18.2 Å². The number of benzene rings is 1. The van der Waals surface area contributed by atoms with E-state index in [-0.39, 0.29) is 12.7 Å². The lowest BCUT2D eigenvalue weighted by Crippen LogP contribution is -2.36. The van der Waals surface area contributed by atoms with Gasteiger partial charge in [-0.3, -0.25) is 10.2 Å². The quantitative estimate of drug-likeness (QED) is 0.724. The van der Waals surface area contributed by atoms with Crippen LogP contribution in [0, 0.1) is 0 Å². The van der Waals surface area contributed by atoms with Crippen LogP contribution in [0.4, 0.5) is 0 Å². The molecule has 1 aliphatic rings. The van der Waals surface area contributed by atoms with Crippen LogP contribution in [-0.2, 0) is 0 Å². The molecule has 0 spiro atoms. The minimum atomic E-state index is -0.168. The molecule has 0 unspecified atom stereocenters. The summed E-state index contributed by atoms with van der Waals surface area (Å²) in [6.45, 7) is 0.216. The Morgan fingerprint density at radius 2 is 2.07 bits per heavy atom. The minimum Gasteiger partial charge on any atom is -0.454 e. The van der Waals surface area contributed by atoms with Gasteiger partial charge in [0.15, 0.2) is 11.5 Å². The first kappa shape index (κ1) is 9.79. The van der Waals surface area contributed by atoms with Crippen molar-refractivity contribution < 1.29 is 14.3 Å². The maximum Gasteiger partial charge on any atom is 0.265 e. The molecule has 0 fully saturated rings. The van der Waals surface area contributed by atoms with Crippen molar-refractivity contribution in [2.45, 2.75) is 0 Å². The van der Waals surface area contributed by atoms with Crippen molar-refractivity contribution in [3.05, 3.63) is 23.8 Å². The number of nitrogens with one attached hydrogen (secondary N) is 1. The Morgan fingerprint density at radius 1 is 1.33 bits per heavy atom. The number of hydrogen-bond acceptors (Lipinski definition) is 4. The van der Waals surface area contributed by atoms with E-state index >= 15 is 0 Å². The van der Waals surface area contributed by atoms with Crippen LogP contribution in [0.5, 0.6) is 11.5 Å². The summed E-state index contributed by atoms with van der Waals surface area (Å²) in [5.41, 5.74) is 3.20. The van der Waals surface area contributed by atoms with Gasteiger partial charge in [-0.05, 0) is 18.2 Å². The Kier molecular flexibility index (Phi) is 2.47. The van der Waals surface area contributed by atoms with Crippen LogP contribution >= 0.6 is 0 Å². The van der Waals surface area contributed by atoms with E-state index in [1.807, 2.05) is 0 Å². The van der Waals surface area contributed by atoms with Gasteiger partial charge in [0.1, 0.15) is 0 Å². The number of nitrogens with zero attached hydrogens (tertiary/aromatic N) is 1. The van der Waals surface area contributed by atoms with Gasteiger partial charge < -0.3 is 9.47 Å². The molecule has 0 aliphatic carbocycles. The fourth-order valence-electron chi connectivity index (χ4n) is 1.31. The SMILES string of the molecule is CN(C)NC(=O)c1ccc2c(c1)OCO2. The smallest absolute Gasteiger partial charge is 0.265 e. The lowest BCUT2D eigenvalue weighted by Gasteiger charge is -2.11. The second kappa shape index (κ2) is 3.78. The molecule has 15 heavy (non-hydrogen) atoms. The lowest BCUT2D eigenvalue weighted by molar-refractivity contribution is 0.0856. The highest BCUT2D eigenvalue weighted by molar-refractivity contribution is 5.94. The molecule has 0 saturated carbocycles. The Bertz CT molecular complexity index is 390. The van der Waals surface area contributed by atoms with Crippen molar-refractivity contribution in [1.29, 1.82) is 0 Å². The highest BCUT2D eigenvalue weighted by atomic mass is 16.7. The molecule has 1 amide bonds. The summed E-state index contributed by atoms with van der Waals surface area (Å²) in [4.78, 5) is 11.6. The van der Waals surface area contributed by atoms with E-state index in [2.05, 4.69) is 5.43 Å². The maximum atomic E-state index is 11.6. The van der Waals surface area contributed by atoms with E-state index in [0.717, 1.165) is 0 Å². The highest BCUT2D eigenvalue weighted by Crippen LogP contribution is 2.32. The largest absolute Gasteiger partial charge is 0.454 e. The van der Waals surface area contributed by atoms with Crippen molar-refractivity contribution in [3.63, 3.8) is 0 Å². The minimum absolute atomic E-state index is 0.168. The third-order valence-electron chi connectivity index (χ3n) is 1.96. The van der Waals surface area contributed by atoms with Gasteiger partial charge >= 0.3 is 0 Å². The van der Waals surface area contributed by atoms with Gasteiger partial charge in [-0.15, -0.1) is 0 Å². The molecule has 5 nitrogen and oxygen atoms in total. The second-order valence-electron chi connectivity index (χ2n) is 3.40. The predicted molar refractivity (Wildman–Crippen MR) is 53.7 cm³/mol. The zero-order valence-electron chi connectivity index (χ0n) is 8.61. The van der Waals surface area contributed by atoms with Crippen LogP contribution in [0.2, 0.25) is 0 Å². The Morgan fingerprint density at radius 3 is 2.80 bits per heavy atom. The molecular formula is C10H12N2O3. The fourth-order valence-corrected chi connectivity index (χ4v) is 1.31. The standard InChI is InChI=1S/C10H12N2O3/c1-12(2)11-10(13)7-3-4-8-9(5-7)15-6-14-8/h3-5H,6H2,1-2H3,(H,11,13). The molecule has 1 N–H and O–H groups in total. The van der Waals surface area contributed by atoms with E-state index in [1.54, 1.807) is 37.3 Å².